The fourth-order valence-electron chi connectivity index (χ4n) is 3.03. The molecule has 0 amide bonds. The van der Waals surface area contributed by atoms with Crippen molar-refractivity contribution < 1.29 is 14.3 Å². The van der Waals surface area contributed by atoms with E-state index in [1.54, 1.807) is 48.7 Å². The summed E-state index contributed by atoms with van der Waals surface area (Å²) in [5.74, 6) is 0.396. The number of nitrogens with zero attached hydrogens (tertiary/aromatic N) is 2. The summed E-state index contributed by atoms with van der Waals surface area (Å²) >= 11 is 1.48. The van der Waals surface area contributed by atoms with Crippen LogP contribution in [0.5, 0.6) is 11.5 Å². The first-order valence-electron chi connectivity index (χ1n) is 10.5. The summed E-state index contributed by atoms with van der Waals surface area (Å²) in [7, 11) is 0. The third-order valence-corrected chi connectivity index (χ3v) is 5.45. The molecule has 0 spiro atoms. The highest BCUT2D eigenvalue weighted by Gasteiger charge is 2.13. The Kier molecular flexibility index (Phi) is 7.12. The quantitative estimate of drug-likeness (QED) is 0.148. The van der Waals surface area contributed by atoms with Gasteiger partial charge in [-0.25, -0.2) is 9.78 Å². The average Bonchev–Trinajstić information content (AvgIpc) is 3.31. The second-order valence-electron chi connectivity index (χ2n) is 7.17. The lowest BCUT2D eigenvalue weighted by Gasteiger charge is -2.11. The van der Waals surface area contributed by atoms with Gasteiger partial charge in [-0.1, -0.05) is 48.0 Å². The van der Waals surface area contributed by atoms with Crippen LogP contribution in [-0.4, -0.2) is 23.8 Å². The average molecular weight is 458 g/mol. The molecule has 3 aromatic carbocycles. The van der Waals surface area contributed by atoms with Gasteiger partial charge >= 0.3 is 5.97 Å². The van der Waals surface area contributed by atoms with Gasteiger partial charge in [0.25, 0.3) is 0 Å². The van der Waals surface area contributed by atoms with Gasteiger partial charge in [0.15, 0.2) is 11.5 Å². The maximum Gasteiger partial charge on any atom is 0.343 e. The van der Waals surface area contributed by atoms with Crippen LogP contribution in [0.2, 0.25) is 0 Å². The summed E-state index contributed by atoms with van der Waals surface area (Å²) in [5.41, 5.74) is 7.41. The second kappa shape index (κ2) is 10.6. The van der Waals surface area contributed by atoms with Crippen molar-refractivity contribution in [3.05, 3.63) is 94.9 Å². The van der Waals surface area contributed by atoms with Crippen molar-refractivity contribution in [1.82, 2.24) is 4.98 Å². The van der Waals surface area contributed by atoms with Gasteiger partial charge in [-0.2, -0.15) is 5.10 Å². The molecule has 6 nitrogen and oxygen atoms in total. The molecule has 0 aliphatic rings. The molecule has 166 valence electrons. The number of ether oxygens (including phenoxy) is 2. The molecule has 7 heteroatoms. The van der Waals surface area contributed by atoms with Crippen molar-refractivity contribution in [1.29, 1.82) is 0 Å². The smallest absolute Gasteiger partial charge is 0.343 e. The van der Waals surface area contributed by atoms with Crippen LogP contribution in [0.3, 0.4) is 0 Å². The Balaban J connectivity index is 1.43. The zero-order chi connectivity index (χ0) is 23.0. The van der Waals surface area contributed by atoms with Crippen LogP contribution in [0.25, 0.3) is 11.3 Å². The molecule has 0 atom stereocenters. The highest BCUT2D eigenvalue weighted by atomic mass is 32.1. The number of hydrogen-bond acceptors (Lipinski definition) is 7. The first-order chi connectivity index (χ1) is 16.1. The van der Waals surface area contributed by atoms with E-state index in [0.29, 0.717) is 28.8 Å². The van der Waals surface area contributed by atoms with E-state index in [2.05, 4.69) is 46.7 Å². The fraction of sp³-hybridized carbons (Fsp3) is 0.115. The van der Waals surface area contributed by atoms with Gasteiger partial charge in [0.2, 0.25) is 5.13 Å². The topological polar surface area (TPSA) is 72.8 Å². The lowest BCUT2D eigenvalue weighted by atomic mass is 10.1. The maximum atomic E-state index is 12.4. The number of anilines is 1. The number of carbonyl (C=O) groups excluding carboxylic acids is 1. The van der Waals surface area contributed by atoms with Crippen LogP contribution in [0.4, 0.5) is 5.13 Å². The fourth-order valence-corrected chi connectivity index (χ4v) is 3.70. The zero-order valence-electron chi connectivity index (χ0n) is 18.3. The number of esters is 1. The van der Waals surface area contributed by atoms with Crippen LogP contribution >= 0.6 is 11.3 Å². The van der Waals surface area contributed by atoms with Crippen molar-refractivity contribution >= 4 is 28.7 Å². The van der Waals surface area contributed by atoms with Crippen LogP contribution in [0, 0.1) is 6.92 Å². The van der Waals surface area contributed by atoms with Crippen molar-refractivity contribution in [2.24, 2.45) is 5.10 Å². The van der Waals surface area contributed by atoms with Gasteiger partial charge in [0, 0.05) is 10.9 Å². The number of aryl methyl sites for hydroxylation is 1. The monoisotopic (exact) mass is 457 g/mol. The standard InChI is InChI=1S/C26H23N3O3S/c1-3-31-24-15-19(11-14-23(24)32-25(30)21-7-5-4-6-8-21)16-27-29-26-28-22(17-33-26)20-12-9-18(2)10-13-20/h4-17H,3H2,1-2H3,(H,28,29)/b27-16-. The Morgan fingerprint density at radius 2 is 1.85 bits per heavy atom. The Hall–Kier alpha value is -3.97. The van der Waals surface area contributed by atoms with E-state index in [-0.39, 0.29) is 0 Å². The van der Waals surface area contributed by atoms with Crippen LogP contribution in [0.15, 0.2) is 83.3 Å². The third-order valence-electron chi connectivity index (χ3n) is 4.71. The molecule has 1 heterocycles. The van der Waals surface area contributed by atoms with Gasteiger partial charge in [-0.3, -0.25) is 5.43 Å². The molecule has 0 radical (unpaired) electrons. The summed E-state index contributed by atoms with van der Waals surface area (Å²) in [4.78, 5) is 17.0. The largest absolute Gasteiger partial charge is 0.490 e. The van der Waals surface area contributed by atoms with E-state index >= 15 is 0 Å². The lowest BCUT2D eigenvalue weighted by molar-refractivity contribution is 0.0728. The second-order valence-corrected chi connectivity index (χ2v) is 8.03. The van der Waals surface area contributed by atoms with Gasteiger partial charge < -0.3 is 9.47 Å². The van der Waals surface area contributed by atoms with E-state index in [9.17, 15) is 4.79 Å². The maximum absolute atomic E-state index is 12.4. The minimum Gasteiger partial charge on any atom is -0.490 e. The van der Waals surface area contributed by atoms with Crippen molar-refractivity contribution in [2.75, 3.05) is 12.0 Å². The molecular weight excluding hydrogens is 434 g/mol. The summed E-state index contributed by atoms with van der Waals surface area (Å²) in [6.45, 7) is 4.37. The molecular formula is C26H23N3O3S. The molecule has 0 bridgehead atoms. The molecule has 33 heavy (non-hydrogen) atoms. The third kappa shape index (κ3) is 5.84. The predicted molar refractivity (Wildman–Crippen MR) is 133 cm³/mol. The molecule has 0 saturated heterocycles. The van der Waals surface area contributed by atoms with Gasteiger partial charge in [0.1, 0.15) is 0 Å². The van der Waals surface area contributed by atoms with Crippen molar-refractivity contribution in [3.63, 3.8) is 0 Å². The number of hydrogen-bond donors (Lipinski definition) is 1. The Morgan fingerprint density at radius 3 is 2.61 bits per heavy atom. The SMILES string of the molecule is CCOc1cc(/C=N\Nc2nc(-c3ccc(C)cc3)cs2)ccc1OC(=O)c1ccccc1. The van der Waals surface area contributed by atoms with Crippen molar-refractivity contribution in [2.45, 2.75) is 13.8 Å². The molecule has 0 aliphatic carbocycles. The minimum atomic E-state index is -0.437. The molecule has 4 rings (SSSR count). The van der Waals surface area contributed by atoms with Crippen molar-refractivity contribution in [3.8, 4) is 22.8 Å². The lowest BCUT2D eigenvalue weighted by Crippen LogP contribution is -2.09. The molecule has 0 aliphatic heterocycles. The van der Waals surface area contributed by atoms with Gasteiger partial charge in [0.05, 0.1) is 24.1 Å². The molecule has 4 aromatic rings. The summed E-state index contributed by atoms with van der Waals surface area (Å²) in [5, 5.41) is 6.97. The number of hydrazone groups is 1. The molecule has 0 unspecified atom stereocenters. The number of rotatable bonds is 8. The Labute approximate surface area is 196 Å². The van der Waals surface area contributed by atoms with Crippen LogP contribution < -0.4 is 14.9 Å². The van der Waals surface area contributed by atoms with Gasteiger partial charge in [-0.05, 0) is 49.7 Å². The number of aromatic nitrogens is 1. The van der Waals surface area contributed by atoms with E-state index in [1.807, 2.05) is 18.4 Å². The van der Waals surface area contributed by atoms with E-state index in [1.165, 1.54) is 16.9 Å². The van der Waals surface area contributed by atoms with E-state index in [0.717, 1.165) is 16.8 Å². The zero-order valence-corrected chi connectivity index (χ0v) is 19.1. The highest BCUT2D eigenvalue weighted by Crippen LogP contribution is 2.29. The molecule has 1 aromatic heterocycles. The summed E-state index contributed by atoms with van der Waals surface area (Å²) in [6.07, 6.45) is 1.66. The molecule has 0 saturated carbocycles. The normalized spacial score (nSPS) is 10.8. The highest BCUT2D eigenvalue weighted by molar-refractivity contribution is 7.14. The van der Waals surface area contributed by atoms with Crippen LogP contribution in [0.1, 0.15) is 28.4 Å². The predicted octanol–water partition coefficient (Wildman–Crippen LogP) is 6.18. The minimum absolute atomic E-state index is 0.360. The number of thiazole rings is 1. The number of benzene rings is 3. The summed E-state index contributed by atoms with van der Waals surface area (Å²) in [6, 6.07) is 22.4. The number of nitrogens with one attached hydrogen (secondary N) is 1. The Bertz CT molecular complexity index is 1250. The summed E-state index contributed by atoms with van der Waals surface area (Å²) < 4.78 is 11.2. The molecule has 0 fully saturated rings. The van der Waals surface area contributed by atoms with Gasteiger partial charge in [-0.15, -0.1) is 11.3 Å². The van der Waals surface area contributed by atoms with E-state index < -0.39 is 5.97 Å². The van der Waals surface area contributed by atoms with E-state index in [4.69, 9.17) is 9.47 Å². The first kappa shape index (κ1) is 22.2. The first-order valence-corrected chi connectivity index (χ1v) is 11.4. The van der Waals surface area contributed by atoms with Crippen LogP contribution in [-0.2, 0) is 0 Å². The number of carbonyl (C=O) groups is 1. The Morgan fingerprint density at radius 1 is 1.06 bits per heavy atom. The molecule has 1 N–H and O–H groups in total.